The molecule has 0 heterocycles. The normalized spacial score (nSPS) is 11.2. The van der Waals surface area contributed by atoms with E-state index >= 15 is 0 Å². The lowest BCUT2D eigenvalue weighted by molar-refractivity contribution is -0.385. The summed E-state index contributed by atoms with van der Waals surface area (Å²) in [7, 11) is 0. The number of nitro groups is 1. The first kappa shape index (κ1) is 26.6. The van der Waals surface area contributed by atoms with Crippen molar-refractivity contribution >= 4 is 35.5 Å². The zero-order chi connectivity index (χ0) is 26.8. The van der Waals surface area contributed by atoms with Gasteiger partial charge < -0.3 is 15.3 Å². The van der Waals surface area contributed by atoms with E-state index in [1.165, 1.54) is 18.4 Å². The standard InChI is InChI=1S/C27H27N5O5/c1-3-31(4-2)22-13-10-19(11-14-22)16-23(29-26(34)21-8-6-5-7-9-21)27(35)30-28-18-20-12-15-25(33)24(17-20)32(36)37/h5-18,33H,3-4H2,1-2H3,(H,29,34)(H,30,35). The summed E-state index contributed by atoms with van der Waals surface area (Å²) >= 11 is 0. The van der Waals surface area contributed by atoms with Gasteiger partial charge in [0.15, 0.2) is 5.75 Å². The van der Waals surface area contributed by atoms with Crippen LogP contribution in [0, 0.1) is 10.1 Å². The Morgan fingerprint density at radius 1 is 1.00 bits per heavy atom. The van der Waals surface area contributed by atoms with Crippen molar-refractivity contribution in [3.8, 4) is 5.75 Å². The predicted molar refractivity (Wildman–Crippen MR) is 142 cm³/mol. The first-order valence-corrected chi connectivity index (χ1v) is 11.6. The van der Waals surface area contributed by atoms with Gasteiger partial charge in [-0.2, -0.15) is 5.10 Å². The van der Waals surface area contributed by atoms with E-state index in [1.807, 2.05) is 24.3 Å². The zero-order valence-corrected chi connectivity index (χ0v) is 20.4. The Morgan fingerprint density at radius 3 is 2.27 bits per heavy atom. The molecular formula is C27H27N5O5. The van der Waals surface area contributed by atoms with Gasteiger partial charge in [0.1, 0.15) is 5.70 Å². The fraction of sp³-hybridized carbons (Fsp3) is 0.148. The molecule has 0 fully saturated rings. The van der Waals surface area contributed by atoms with Gasteiger partial charge in [0, 0.05) is 36.0 Å². The quantitative estimate of drug-likeness (QED) is 0.166. The molecule has 3 aromatic rings. The van der Waals surface area contributed by atoms with Gasteiger partial charge in [-0.3, -0.25) is 19.7 Å². The van der Waals surface area contributed by atoms with Crippen molar-refractivity contribution in [1.82, 2.24) is 10.7 Å². The molecule has 0 aliphatic carbocycles. The summed E-state index contributed by atoms with van der Waals surface area (Å²) in [5, 5.41) is 27.1. The molecule has 0 aromatic heterocycles. The first-order chi connectivity index (χ1) is 17.8. The Kier molecular flexibility index (Phi) is 9.09. The van der Waals surface area contributed by atoms with Crippen molar-refractivity contribution in [2.45, 2.75) is 13.8 Å². The third kappa shape index (κ3) is 7.25. The van der Waals surface area contributed by atoms with E-state index in [0.29, 0.717) is 11.1 Å². The van der Waals surface area contributed by atoms with Crippen LogP contribution in [0.3, 0.4) is 0 Å². The number of carbonyl (C=O) groups is 2. The second kappa shape index (κ2) is 12.6. The van der Waals surface area contributed by atoms with Crippen molar-refractivity contribution in [2.24, 2.45) is 5.10 Å². The number of nitrogens with zero attached hydrogens (tertiary/aromatic N) is 3. The third-order valence-corrected chi connectivity index (χ3v) is 5.44. The number of aromatic hydroxyl groups is 1. The molecule has 10 nitrogen and oxygen atoms in total. The maximum absolute atomic E-state index is 12.9. The highest BCUT2D eigenvalue weighted by Crippen LogP contribution is 2.25. The molecule has 37 heavy (non-hydrogen) atoms. The monoisotopic (exact) mass is 501 g/mol. The van der Waals surface area contributed by atoms with E-state index in [-0.39, 0.29) is 11.3 Å². The van der Waals surface area contributed by atoms with Crippen LogP contribution in [0.2, 0.25) is 0 Å². The summed E-state index contributed by atoms with van der Waals surface area (Å²) in [6, 6.07) is 19.7. The Labute approximate surface area is 214 Å². The molecule has 0 bridgehead atoms. The molecule has 0 radical (unpaired) electrons. The number of nitro benzene ring substituents is 1. The van der Waals surface area contributed by atoms with Crippen LogP contribution in [0.5, 0.6) is 5.75 Å². The molecule has 10 heteroatoms. The van der Waals surface area contributed by atoms with E-state index in [9.17, 15) is 24.8 Å². The molecule has 3 aromatic carbocycles. The number of phenols is 1. The maximum atomic E-state index is 12.9. The lowest BCUT2D eigenvalue weighted by atomic mass is 10.1. The number of hydrogen-bond acceptors (Lipinski definition) is 7. The molecule has 0 spiro atoms. The number of hydrogen-bond donors (Lipinski definition) is 3. The van der Waals surface area contributed by atoms with E-state index in [0.717, 1.165) is 30.9 Å². The highest BCUT2D eigenvalue weighted by atomic mass is 16.6. The van der Waals surface area contributed by atoms with Crippen molar-refractivity contribution in [2.75, 3.05) is 18.0 Å². The minimum atomic E-state index is -0.725. The van der Waals surface area contributed by atoms with Gasteiger partial charge in [0.05, 0.1) is 11.1 Å². The number of benzene rings is 3. The van der Waals surface area contributed by atoms with Gasteiger partial charge in [-0.05, 0) is 61.9 Å². The van der Waals surface area contributed by atoms with Crippen LogP contribution in [-0.2, 0) is 4.79 Å². The smallest absolute Gasteiger partial charge is 0.311 e. The highest BCUT2D eigenvalue weighted by molar-refractivity contribution is 6.05. The predicted octanol–water partition coefficient (Wildman–Crippen LogP) is 4.07. The van der Waals surface area contributed by atoms with E-state index < -0.39 is 28.2 Å². The lowest BCUT2D eigenvalue weighted by Crippen LogP contribution is -2.32. The number of carbonyl (C=O) groups excluding carboxylic acids is 2. The van der Waals surface area contributed by atoms with Gasteiger partial charge in [-0.25, -0.2) is 5.43 Å². The molecule has 190 valence electrons. The zero-order valence-electron chi connectivity index (χ0n) is 20.4. The lowest BCUT2D eigenvalue weighted by Gasteiger charge is -2.20. The van der Waals surface area contributed by atoms with Crippen LogP contribution in [0.15, 0.2) is 83.6 Å². The van der Waals surface area contributed by atoms with Crippen LogP contribution in [-0.4, -0.2) is 41.1 Å². The van der Waals surface area contributed by atoms with Crippen molar-refractivity contribution in [3.05, 3.63) is 105 Å². The molecule has 0 saturated carbocycles. The molecule has 0 aliphatic rings. The second-order valence-electron chi connectivity index (χ2n) is 7.85. The summed E-state index contributed by atoms with van der Waals surface area (Å²) in [5.41, 5.74) is 4.18. The molecule has 2 amide bonds. The molecule has 0 unspecified atom stereocenters. The number of hydrazone groups is 1. The SMILES string of the molecule is CCN(CC)c1ccc(C=C(NC(=O)c2ccccc2)C(=O)NN=Cc2ccc(O)c([N+](=O)[O-])c2)cc1. The molecule has 0 atom stereocenters. The van der Waals surface area contributed by atoms with E-state index in [4.69, 9.17) is 0 Å². The van der Waals surface area contributed by atoms with Crippen molar-refractivity contribution in [3.63, 3.8) is 0 Å². The van der Waals surface area contributed by atoms with Gasteiger partial charge >= 0.3 is 5.69 Å². The number of rotatable bonds is 10. The number of anilines is 1. The number of nitrogens with one attached hydrogen (secondary N) is 2. The average Bonchev–Trinajstić information content (AvgIpc) is 2.91. The topological polar surface area (TPSA) is 137 Å². The second-order valence-corrected chi connectivity index (χ2v) is 7.85. The van der Waals surface area contributed by atoms with Gasteiger partial charge in [0.2, 0.25) is 0 Å². The van der Waals surface area contributed by atoms with Gasteiger partial charge in [-0.15, -0.1) is 0 Å². The highest BCUT2D eigenvalue weighted by Gasteiger charge is 2.15. The molecule has 3 rings (SSSR count). The van der Waals surface area contributed by atoms with Crippen LogP contribution in [0.1, 0.15) is 35.3 Å². The van der Waals surface area contributed by atoms with Gasteiger partial charge in [0.25, 0.3) is 11.8 Å². The molecule has 0 saturated heterocycles. The Hall–Kier alpha value is -4.99. The fourth-order valence-corrected chi connectivity index (χ4v) is 3.47. The Bertz CT molecular complexity index is 1320. The van der Waals surface area contributed by atoms with E-state index in [1.54, 1.807) is 30.3 Å². The summed E-state index contributed by atoms with van der Waals surface area (Å²) < 4.78 is 0. The van der Waals surface area contributed by atoms with Gasteiger partial charge in [-0.1, -0.05) is 30.3 Å². The number of phenolic OH excluding ortho intramolecular Hbond substituents is 1. The number of amides is 2. The van der Waals surface area contributed by atoms with Crippen LogP contribution in [0.25, 0.3) is 6.08 Å². The third-order valence-electron chi connectivity index (χ3n) is 5.44. The Balaban J connectivity index is 1.83. The summed E-state index contributed by atoms with van der Waals surface area (Å²) in [4.78, 5) is 38.1. The van der Waals surface area contributed by atoms with Crippen LogP contribution < -0.4 is 15.6 Å². The van der Waals surface area contributed by atoms with E-state index in [2.05, 4.69) is 34.6 Å². The largest absolute Gasteiger partial charge is 0.502 e. The first-order valence-electron chi connectivity index (χ1n) is 11.6. The Morgan fingerprint density at radius 2 is 1.65 bits per heavy atom. The van der Waals surface area contributed by atoms with Crippen molar-refractivity contribution in [1.29, 1.82) is 0 Å². The summed E-state index contributed by atoms with van der Waals surface area (Å²) in [6.45, 7) is 5.84. The maximum Gasteiger partial charge on any atom is 0.311 e. The molecular weight excluding hydrogens is 474 g/mol. The minimum Gasteiger partial charge on any atom is -0.502 e. The van der Waals surface area contributed by atoms with Crippen molar-refractivity contribution < 1.29 is 19.6 Å². The van der Waals surface area contributed by atoms with Crippen LogP contribution >= 0.6 is 0 Å². The molecule has 0 aliphatic heterocycles. The van der Waals surface area contributed by atoms with Crippen LogP contribution in [0.4, 0.5) is 11.4 Å². The fourth-order valence-electron chi connectivity index (χ4n) is 3.47. The summed E-state index contributed by atoms with van der Waals surface area (Å²) in [6.07, 6.45) is 2.73. The summed E-state index contributed by atoms with van der Waals surface area (Å²) in [5.74, 6) is -1.64. The molecule has 3 N–H and O–H groups in total. The minimum absolute atomic E-state index is 0.0433. The average molecular weight is 502 g/mol.